The van der Waals surface area contributed by atoms with Crippen molar-refractivity contribution in [2.75, 3.05) is 0 Å². The van der Waals surface area contributed by atoms with E-state index in [-0.39, 0.29) is 4.73 Å². The summed E-state index contributed by atoms with van der Waals surface area (Å²) >= 11 is 0. The lowest BCUT2D eigenvalue weighted by Gasteiger charge is -2.08. The zero-order valence-electron chi connectivity index (χ0n) is 6.45. The van der Waals surface area contributed by atoms with Crippen molar-refractivity contribution in [1.82, 2.24) is 9.71 Å². The van der Waals surface area contributed by atoms with Gasteiger partial charge in [0.1, 0.15) is 0 Å². The Morgan fingerprint density at radius 3 is 2.43 bits per heavy atom. The molecule has 4 N–H and O–H groups in total. The number of hydrogen-bond acceptors (Lipinski definition) is 5. The fourth-order valence-electron chi connectivity index (χ4n) is 0.657. The predicted octanol–water partition coefficient (Wildman–Crippen LogP) is -2.24. The van der Waals surface area contributed by atoms with Crippen molar-refractivity contribution in [2.45, 2.75) is 0 Å². The van der Waals surface area contributed by atoms with Crippen LogP contribution in [-0.2, 0) is 4.57 Å². The third-order valence-corrected chi connectivity index (χ3v) is 1.45. The number of phosphoric acid groups is 1. The highest BCUT2D eigenvalue weighted by Gasteiger charge is 2.19. The lowest BCUT2D eigenvalue weighted by Crippen LogP contribution is -2.32. The molecule has 9 nitrogen and oxygen atoms in total. The van der Waals surface area contributed by atoms with Crippen molar-refractivity contribution in [3.8, 4) is 5.88 Å². The first-order chi connectivity index (χ1) is 6.29. The SMILES string of the molecule is O=c1cc(O)n(OP(=O)(O)O)c(=O)[nH]1. The highest BCUT2D eigenvalue weighted by Crippen LogP contribution is 2.31. The minimum Gasteiger partial charge on any atom is -0.492 e. The quantitative estimate of drug-likeness (QED) is 0.416. The Balaban J connectivity index is 3.30. The standard InChI is InChI=1S/C4H5N2O7P/c7-2-1-3(8)6(4(9)5-2)13-14(10,11)12/h1,8H,(H,5,7,9)(H2,10,11,12). The number of aromatic nitrogens is 2. The number of rotatable bonds is 2. The third-order valence-electron chi connectivity index (χ3n) is 1.07. The van der Waals surface area contributed by atoms with E-state index in [9.17, 15) is 14.2 Å². The topological polar surface area (TPSA) is 142 Å². The average molecular weight is 224 g/mol. The summed E-state index contributed by atoms with van der Waals surface area (Å²) < 4.78 is 13.9. The Morgan fingerprint density at radius 2 is 2.00 bits per heavy atom. The number of nitrogens with one attached hydrogen (secondary N) is 1. The van der Waals surface area contributed by atoms with Crippen LogP contribution < -0.4 is 15.9 Å². The molecule has 0 fully saturated rings. The van der Waals surface area contributed by atoms with Crippen molar-refractivity contribution in [3.05, 3.63) is 26.9 Å². The summed E-state index contributed by atoms with van der Waals surface area (Å²) in [4.78, 5) is 39.6. The lowest BCUT2D eigenvalue weighted by atomic mass is 10.6. The molecule has 0 unspecified atom stereocenters. The Hall–Kier alpha value is -1.57. The first-order valence-corrected chi connectivity index (χ1v) is 4.63. The fraction of sp³-hybridized carbons (Fsp3) is 0. The molecule has 1 heterocycles. The van der Waals surface area contributed by atoms with Crippen LogP contribution in [0.2, 0.25) is 0 Å². The summed E-state index contributed by atoms with van der Waals surface area (Å²) in [6.07, 6.45) is 0. The van der Waals surface area contributed by atoms with E-state index in [0.717, 1.165) is 0 Å². The Kier molecular flexibility index (Phi) is 2.47. The van der Waals surface area contributed by atoms with Crippen LogP contribution in [0.25, 0.3) is 0 Å². The van der Waals surface area contributed by atoms with E-state index >= 15 is 0 Å². The van der Waals surface area contributed by atoms with E-state index in [1.807, 2.05) is 0 Å². The maximum absolute atomic E-state index is 10.8. The molecule has 10 heteroatoms. The minimum atomic E-state index is -4.98. The Morgan fingerprint density at radius 1 is 1.43 bits per heavy atom. The highest BCUT2D eigenvalue weighted by atomic mass is 31.2. The molecule has 1 rings (SSSR count). The summed E-state index contributed by atoms with van der Waals surface area (Å²) in [5, 5.41) is 8.91. The molecule has 14 heavy (non-hydrogen) atoms. The zero-order chi connectivity index (χ0) is 10.9. The molecule has 0 radical (unpaired) electrons. The van der Waals surface area contributed by atoms with Crippen molar-refractivity contribution >= 4 is 7.82 Å². The number of aromatic hydroxyl groups is 1. The third kappa shape index (κ3) is 2.46. The Labute approximate surface area is 75.4 Å². The maximum atomic E-state index is 10.8. The normalized spacial score (nSPS) is 11.3. The molecule has 0 aliphatic carbocycles. The van der Waals surface area contributed by atoms with Gasteiger partial charge >= 0.3 is 13.5 Å². The summed E-state index contributed by atoms with van der Waals surface area (Å²) in [7, 11) is -4.98. The summed E-state index contributed by atoms with van der Waals surface area (Å²) in [6.45, 7) is 0. The molecule has 78 valence electrons. The smallest absolute Gasteiger partial charge is 0.492 e. The van der Waals surface area contributed by atoms with Crippen molar-refractivity contribution in [2.24, 2.45) is 0 Å². The molecule has 0 aromatic carbocycles. The number of nitrogens with zero attached hydrogens (tertiary/aromatic N) is 1. The van der Waals surface area contributed by atoms with Gasteiger partial charge in [0.15, 0.2) is 0 Å². The fourth-order valence-corrected chi connectivity index (χ4v) is 1.03. The van der Waals surface area contributed by atoms with Gasteiger partial charge in [0, 0.05) is 0 Å². The predicted molar refractivity (Wildman–Crippen MR) is 41.6 cm³/mol. The van der Waals surface area contributed by atoms with Gasteiger partial charge in [-0.1, -0.05) is 4.73 Å². The molecule has 0 bridgehead atoms. The minimum absolute atomic E-state index is 0.123. The summed E-state index contributed by atoms with van der Waals surface area (Å²) in [6, 6.07) is 0.525. The molecule has 0 amide bonds. The molecule has 0 saturated heterocycles. The lowest BCUT2D eigenvalue weighted by molar-refractivity contribution is 0.147. The molecule has 0 atom stereocenters. The van der Waals surface area contributed by atoms with Crippen LogP contribution >= 0.6 is 7.82 Å². The van der Waals surface area contributed by atoms with E-state index < -0.39 is 25.0 Å². The second-order valence-corrected chi connectivity index (χ2v) is 3.31. The van der Waals surface area contributed by atoms with Crippen LogP contribution in [0.4, 0.5) is 0 Å². The molecule has 0 aliphatic heterocycles. The molecular formula is C4H5N2O7P. The molecule has 0 aliphatic rings. The zero-order valence-corrected chi connectivity index (χ0v) is 7.34. The first-order valence-electron chi connectivity index (χ1n) is 3.10. The molecular weight excluding hydrogens is 219 g/mol. The van der Waals surface area contributed by atoms with Gasteiger partial charge in [-0.05, 0) is 0 Å². The summed E-state index contributed by atoms with van der Waals surface area (Å²) in [5.74, 6) is -1.01. The largest absolute Gasteiger partial charge is 0.544 e. The van der Waals surface area contributed by atoms with Gasteiger partial charge in [-0.3, -0.25) is 19.6 Å². The van der Waals surface area contributed by atoms with Crippen LogP contribution in [0.3, 0.4) is 0 Å². The van der Waals surface area contributed by atoms with Gasteiger partial charge in [-0.25, -0.2) is 9.36 Å². The van der Waals surface area contributed by atoms with E-state index in [1.54, 1.807) is 4.98 Å². The van der Waals surface area contributed by atoms with Crippen LogP contribution in [0, 0.1) is 0 Å². The number of hydrogen-bond donors (Lipinski definition) is 4. The molecule has 1 aromatic rings. The molecule has 0 spiro atoms. The second kappa shape index (κ2) is 3.29. The average Bonchev–Trinajstić information content (AvgIpc) is 1.95. The Bertz CT molecular complexity index is 495. The van der Waals surface area contributed by atoms with Crippen molar-refractivity contribution < 1.29 is 24.1 Å². The number of aromatic amines is 1. The van der Waals surface area contributed by atoms with Gasteiger partial charge in [0.05, 0.1) is 6.07 Å². The van der Waals surface area contributed by atoms with Gasteiger partial charge in [0.25, 0.3) is 5.56 Å². The molecule has 1 aromatic heterocycles. The van der Waals surface area contributed by atoms with Crippen LogP contribution in [0.5, 0.6) is 5.88 Å². The first kappa shape index (κ1) is 10.5. The van der Waals surface area contributed by atoms with Crippen LogP contribution in [-0.4, -0.2) is 24.6 Å². The second-order valence-electron chi connectivity index (χ2n) is 2.16. The van der Waals surface area contributed by atoms with E-state index in [4.69, 9.17) is 14.9 Å². The monoisotopic (exact) mass is 224 g/mol. The van der Waals surface area contributed by atoms with Gasteiger partial charge in [-0.15, -0.1) is 0 Å². The van der Waals surface area contributed by atoms with E-state index in [1.165, 1.54) is 0 Å². The van der Waals surface area contributed by atoms with E-state index in [0.29, 0.717) is 6.07 Å². The van der Waals surface area contributed by atoms with Gasteiger partial charge in [0.2, 0.25) is 5.88 Å². The highest BCUT2D eigenvalue weighted by molar-refractivity contribution is 7.46. The maximum Gasteiger partial charge on any atom is 0.544 e. The van der Waals surface area contributed by atoms with Crippen molar-refractivity contribution in [3.63, 3.8) is 0 Å². The number of H-pyrrole nitrogens is 1. The van der Waals surface area contributed by atoms with Crippen LogP contribution in [0.15, 0.2) is 15.7 Å². The van der Waals surface area contributed by atoms with Crippen LogP contribution in [0.1, 0.15) is 0 Å². The van der Waals surface area contributed by atoms with E-state index in [2.05, 4.69) is 4.62 Å². The van der Waals surface area contributed by atoms with Crippen molar-refractivity contribution in [1.29, 1.82) is 0 Å². The van der Waals surface area contributed by atoms with Gasteiger partial charge in [-0.2, -0.15) is 0 Å². The van der Waals surface area contributed by atoms with Gasteiger partial charge < -0.3 is 9.73 Å². The summed E-state index contributed by atoms with van der Waals surface area (Å²) in [5.41, 5.74) is -2.21. The molecule has 0 saturated carbocycles.